The van der Waals surface area contributed by atoms with Gasteiger partial charge in [-0.3, -0.25) is 4.79 Å². The topological polar surface area (TPSA) is 104 Å². The lowest BCUT2D eigenvalue weighted by molar-refractivity contribution is 0.0672. The molecule has 31 heavy (non-hydrogen) atoms. The number of aromatic amines is 1. The van der Waals surface area contributed by atoms with Crippen molar-refractivity contribution in [1.82, 2.24) is 34.5 Å². The third kappa shape index (κ3) is 3.65. The van der Waals surface area contributed by atoms with Gasteiger partial charge in [0.25, 0.3) is 5.56 Å². The molecule has 0 atom stereocenters. The summed E-state index contributed by atoms with van der Waals surface area (Å²) in [5.74, 6) is 1.36. The molecule has 0 aromatic carbocycles. The molecule has 0 aliphatic carbocycles. The number of rotatable bonds is 4. The van der Waals surface area contributed by atoms with Crippen molar-refractivity contribution in [3.8, 4) is 5.82 Å². The smallest absolute Gasteiger partial charge is 0.262 e. The minimum atomic E-state index is -0.150. The molecule has 1 N–H and O–H groups in total. The monoisotopic (exact) mass is 419 g/mol. The number of aromatic nitrogens is 7. The maximum atomic E-state index is 12.8. The van der Waals surface area contributed by atoms with E-state index in [0.717, 1.165) is 35.5 Å². The summed E-state index contributed by atoms with van der Waals surface area (Å²) < 4.78 is 9.16. The molecule has 4 aromatic heterocycles. The third-order valence-corrected chi connectivity index (χ3v) is 5.88. The fourth-order valence-electron chi connectivity index (χ4n) is 4.04. The number of nitrogens with one attached hydrogen (secondary N) is 1. The van der Waals surface area contributed by atoms with Gasteiger partial charge in [0, 0.05) is 32.0 Å². The van der Waals surface area contributed by atoms with Crippen LogP contribution in [0.15, 0.2) is 29.3 Å². The Bertz CT molecular complexity index is 1270. The molecule has 0 bridgehead atoms. The molecule has 160 valence electrons. The number of H-pyrrole nitrogens is 1. The summed E-state index contributed by atoms with van der Waals surface area (Å²) >= 11 is 0. The SMILES string of the molecule is Cc1cn(-c2ccc(Cc3nc4c(c(C)nn4C4CCOCC4)c(=O)[nH]3)cn2)nc1C. The highest BCUT2D eigenvalue weighted by atomic mass is 16.5. The maximum absolute atomic E-state index is 12.8. The molecule has 5 rings (SSSR count). The molecule has 0 spiro atoms. The van der Waals surface area contributed by atoms with Gasteiger partial charge in [-0.1, -0.05) is 6.07 Å². The lowest BCUT2D eigenvalue weighted by Crippen LogP contribution is -2.21. The fourth-order valence-corrected chi connectivity index (χ4v) is 4.04. The number of ether oxygens (including phenoxy) is 1. The molecule has 0 unspecified atom stereocenters. The molecule has 1 fully saturated rings. The van der Waals surface area contributed by atoms with Crippen molar-refractivity contribution in [3.05, 3.63) is 63.2 Å². The zero-order chi connectivity index (χ0) is 21.5. The number of fused-ring (bicyclic) bond motifs is 1. The second kappa shape index (κ2) is 7.73. The zero-order valence-electron chi connectivity index (χ0n) is 17.9. The van der Waals surface area contributed by atoms with Crippen LogP contribution in [0.1, 0.15) is 47.2 Å². The molecule has 4 aromatic rings. The van der Waals surface area contributed by atoms with Gasteiger partial charge in [0.1, 0.15) is 11.2 Å². The second-order valence-electron chi connectivity index (χ2n) is 8.13. The van der Waals surface area contributed by atoms with Crippen LogP contribution in [0.25, 0.3) is 16.9 Å². The van der Waals surface area contributed by atoms with Gasteiger partial charge in [-0.15, -0.1) is 0 Å². The molecule has 1 aliphatic heterocycles. The van der Waals surface area contributed by atoms with Crippen molar-refractivity contribution in [2.45, 2.75) is 46.1 Å². The van der Waals surface area contributed by atoms with Crippen LogP contribution in [0.2, 0.25) is 0 Å². The van der Waals surface area contributed by atoms with Gasteiger partial charge in [0.15, 0.2) is 11.5 Å². The Kier molecular flexibility index (Phi) is 4.90. The van der Waals surface area contributed by atoms with E-state index in [1.54, 1.807) is 10.9 Å². The Morgan fingerprint density at radius 2 is 1.94 bits per heavy atom. The van der Waals surface area contributed by atoms with Gasteiger partial charge in [-0.25, -0.2) is 19.3 Å². The molecule has 9 heteroatoms. The van der Waals surface area contributed by atoms with Crippen molar-refractivity contribution in [3.63, 3.8) is 0 Å². The van der Waals surface area contributed by atoms with E-state index in [9.17, 15) is 4.79 Å². The summed E-state index contributed by atoms with van der Waals surface area (Å²) in [6.45, 7) is 7.27. The van der Waals surface area contributed by atoms with Crippen LogP contribution < -0.4 is 5.56 Å². The summed E-state index contributed by atoms with van der Waals surface area (Å²) in [5, 5.41) is 9.67. The van der Waals surface area contributed by atoms with Crippen molar-refractivity contribution in [1.29, 1.82) is 0 Å². The van der Waals surface area contributed by atoms with Gasteiger partial charge >= 0.3 is 0 Å². The second-order valence-corrected chi connectivity index (χ2v) is 8.13. The Labute approximate surface area is 179 Å². The van der Waals surface area contributed by atoms with Crippen LogP contribution >= 0.6 is 0 Å². The largest absolute Gasteiger partial charge is 0.381 e. The molecular weight excluding hydrogens is 394 g/mol. The van der Waals surface area contributed by atoms with Crippen molar-refractivity contribution < 1.29 is 4.74 Å². The number of nitrogens with zero attached hydrogens (tertiary/aromatic N) is 6. The summed E-state index contributed by atoms with van der Waals surface area (Å²) in [4.78, 5) is 25.0. The molecule has 1 saturated heterocycles. The minimum Gasteiger partial charge on any atom is -0.381 e. The Hall–Kier alpha value is -3.33. The first kappa shape index (κ1) is 19.6. The molecular formula is C22H25N7O2. The highest BCUT2D eigenvalue weighted by molar-refractivity contribution is 5.77. The Morgan fingerprint density at radius 3 is 2.61 bits per heavy atom. The average Bonchev–Trinajstić information content (AvgIpc) is 3.28. The highest BCUT2D eigenvalue weighted by Crippen LogP contribution is 2.25. The number of aryl methyl sites for hydroxylation is 3. The van der Waals surface area contributed by atoms with Crippen molar-refractivity contribution >= 4 is 11.0 Å². The van der Waals surface area contributed by atoms with Gasteiger partial charge in [-0.2, -0.15) is 10.2 Å². The molecule has 1 aliphatic rings. The average molecular weight is 419 g/mol. The van der Waals surface area contributed by atoms with Gasteiger partial charge in [-0.05, 0) is 50.8 Å². The number of pyridine rings is 1. The fraction of sp³-hybridized carbons (Fsp3) is 0.409. The molecule has 5 heterocycles. The summed E-state index contributed by atoms with van der Waals surface area (Å²) in [6.07, 6.45) is 5.99. The van der Waals surface area contributed by atoms with Gasteiger partial charge in [0.2, 0.25) is 0 Å². The highest BCUT2D eigenvalue weighted by Gasteiger charge is 2.22. The summed E-state index contributed by atoms with van der Waals surface area (Å²) in [6, 6.07) is 4.11. The number of hydrogen-bond acceptors (Lipinski definition) is 6. The zero-order valence-corrected chi connectivity index (χ0v) is 17.9. The maximum Gasteiger partial charge on any atom is 0.262 e. The molecule has 0 saturated carbocycles. The van der Waals surface area contributed by atoms with Crippen LogP contribution in [-0.4, -0.2) is 47.7 Å². The van der Waals surface area contributed by atoms with E-state index in [1.165, 1.54) is 0 Å². The predicted octanol–water partition coefficient (Wildman–Crippen LogP) is 2.57. The van der Waals surface area contributed by atoms with E-state index < -0.39 is 0 Å². The minimum absolute atomic E-state index is 0.150. The summed E-state index contributed by atoms with van der Waals surface area (Å²) in [5.41, 5.74) is 4.27. The van der Waals surface area contributed by atoms with E-state index in [1.807, 2.05) is 43.8 Å². The Morgan fingerprint density at radius 1 is 1.13 bits per heavy atom. The van der Waals surface area contributed by atoms with Crippen LogP contribution in [-0.2, 0) is 11.2 Å². The van der Waals surface area contributed by atoms with Crippen LogP contribution in [0.5, 0.6) is 0 Å². The van der Waals surface area contributed by atoms with E-state index in [0.29, 0.717) is 42.2 Å². The van der Waals surface area contributed by atoms with Gasteiger partial charge in [0.05, 0.1) is 17.4 Å². The van der Waals surface area contributed by atoms with Gasteiger partial charge < -0.3 is 9.72 Å². The van der Waals surface area contributed by atoms with Crippen molar-refractivity contribution in [2.24, 2.45) is 0 Å². The van der Waals surface area contributed by atoms with Crippen LogP contribution in [0, 0.1) is 20.8 Å². The molecule has 9 nitrogen and oxygen atoms in total. The van der Waals surface area contributed by atoms with Crippen LogP contribution in [0.3, 0.4) is 0 Å². The quantitative estimate of drug-likeness (QED) is 0.545. The number of hydrogen-bond donors (Lipinski definition) is 1. The lowest BCUT2D eigenvalue weighted by atomic mass is 10.1. The predicted molar refractivity (Wildman–Crippen MR) is 116 cm³/mol. The van der Waals surface area contributed by atoms with E-state index in [2.05, 4.69) is 20.2 Å². The summed E-state index contributed by atoms with van der Waals surface area (Å²) in [7, 11) is 0. The third-order valence-electron chi connectivity index (χ3n) is 5.88. The van der Waals surface area contributed by atoms with E-state index >= 15 is 0 Å². The normalized spacial score (nSPS) is 15.1. The van der Waals surface area contributed by atoms with Crippen molar-refractivity contribution in [2.75, 3.05) is 13.2 Å². The van der Waals surface area contributed by atoms with Crippen LogP contribution in [0.4, 0.5) is 0 Å². The first-order chi connectivity index (χ1) is 15.0. The molecule has 0 radical (unpaired) electrons. The Balaban J connectivity index is 1.45. The first-order valence-electron chi connectivity index (χ1n) is 10.5. The molecule has 0 amide bonds. The first-order valence-corrected chi connectivity index (χ1v) is 10.5. The van der Waals surface area contributed by atoms with E-state index in [-0.39, 0.29) is 11.6 Å². The van der Waals surface area contributed by atoms with E-state index in [4.69, 9.17) is 9.72 Å². The lowest BCUT2D eigenvalue weighted by Gasteiger charge is -2.22. The standard InChI is InChI=1S/C22H25N7O2/c1-13-12-28(26-14(13)2)19-5-4-16(11-23-19)10-18-24-21-20(22(30)25-18)15(3)27-29(21)17-6-8-31-9-7-17/h4-5,11-12,17H,6-10H2,1-3H3,(H,24,25,30).